The van der Waals surface area contributed by atoms with Gasteiger partial charge in [0.2, 0.25) is 0 Å². The molecular formula is C19H21F2N3O. The Kier molecular flexibility index (Phi) is 5.48. The largest absolute Gasteiger partial charge is 0.434 e. The second kappa shape index (κ2) is 7.96. The number of guanidine groups is 1. The molecule has 1 aliphatic rings. The Balaban J connectivity index is 1.54. The van der Waals surface area contributed by atoms with Gasteiger partial charge in [0.1, 0.15) is 5.75 Å². The molecular weight excluding hydrogens is 324 g/mol. The van der Waals surface area contributed by atoms with Gasteiger partial charge in [-0.15, -0.1) is 0 Å². The van der Waals surface area contributed by atoms with Gasteiger partial charge in [0.15, 0.2) is 5.96 Å². The molecule has 0 aliphatic heterocycles. The molecule has 0 radical (unpaired) electrons. The molecule has 1 saturated carbocycles. The van der Waals surface area contributed by atoms with Crippen molar-refractivity contribution in [2.24, 2.45) is 4.99 Å². The number of halogens is 2. The first-order valence-electron chi connectivity index (χ1n) is 8.22. The molecule has 2 aromatic rings. The fraction of sp³-hybridized carbons (Fsp3) is 0.316. The maximum atomic E-state index is 12.5. The van der Waals surface area contributed by atoms with Gasteiger partial charge in [-0.2, -0.15) is 8.78 Å². The number of nitrogens with one attached hydrogen (secondary N) is 2. The Hall–Kier alpha value is -2.63. The minimum atomic E-state index is -2.84. The molecule has 2 aromatic carbocycles. The smallest absolute Gasteiger partial charge is 0.387 e. The van der Waals surface area contributed by atoms with Crippen LogP contribution in [0.2, 0.25) is 0 Å². The zero-order chi connectivity index (χ0) is 17.6. The molecule has 25 heavy (non-hydrogen) atoms. The first-order chi connectivity index (χ1) is 12.2. The maximum absolute atomic E-state index is 12.5. The minimum Gasteiger partial charge on any atom is -0.434 e. The number of hydrogen-bond acceptors (Lipinski definition) is 2. The van der Waals surface area contributed by atoms with Crippen LogP contribution in [0.15, 0.2) is 59.6 Å². The fourth-order valence-corrected chi connectivity index (χ4v) is 2.83. The summed E-state index contributed by atoms with van der Waals surface area (Å²) in [5.41, 5.74) is 1.97. The van der Waals surface area contributed by atoms with Crippen LogP contribution in [0.5, 0.6) is 5.75 Å². The zero-order valence-electron chi connectivity index (χ0n) is 14.0. The van der Waals surface area contributed by atoms with Crippen LogP contribution in [0, 0.1) is 0 Å². The monoisotopic (exact) mass is 345 g/mol. The van der Waals surface area contributed by atoms with Crippen LogP contribution in [0.3, 0.4) is 0 Å². The first kappa shape index (κ1) is 17.2. The van der Waals surface area contributed by atoms with E-state index in [0.29, 0.717) is 30.0 Å². The van der Waals surface area contributed by atoms with Gasteiger partial charge in [-0.25, -0.2) is 0 Å². The molecule has 132 valence electrons. The predicted molar refractivity (Wildman–Crippen MR) is 94.0 cm³/mol. The quantitative estimate of drug-likeness (QED) is 0.622. The molecule has 0 aromatic heterocycles. The lowest BCUT2D eigenvalue weighted by Crippen LogP contribution is -2.38. The SMILES string of the molecule is CN=C(NCc1ccccc1OC(F)F)NC1CC1c1ccccc1. The Morgan fingerprint density at radius 1 is 1.16 bits per heavy atom. The fourth-order valence-electron chi connectivity index (χ4n) is 2.83. The van der Waals surface area contributed by atoms with Crippen LogP contribution in [0.1, 0.15) is 23.5 Å². The molecule has 0 amide bonds. The summed E-state index contributed by atoms with van der Waals surface area (Å²) in [6.07, 6.45) is 1.05. The molecule has 0 bridgehead atoms. The van der Waals surface area contributed by atoms with Crippen LogP contribution in [-0.4, -0.2) is 25.7 Å². The normalized spacial score (nSPS) is 19.6. The number of benzene rings is 2. The lowest BCUT2D eigenvalue weighted by molar-refractivity contribution is -0.0504. The van der Waals surface area contributed by atoms with Gasteiger partial charge < -0.3 is 15.4 Å². The van der Waals surface area contributed by atoms with E-state index in [2.05, 4.69) is 32.5 Å². The third kappa shape index (κ3) is 4.68. The molecule has 0 spiro atoms. The summed E-state index contributed by atoms with van der Waals surface area (Å²) >= 11 is 0. The third-order valence-corrected chi connectivity index (χ3v) is 4.20. The number of rotatable bonds is 6. The van der Waals surface area contributed by atoms with E-state index in [1.165, 1.54) is 11.6 Å². The Morgan fingerprint density at radius 3 is 2.60 bits per heavy atom. The van der Waals surface area contributed by atoms with Crippen LogP contribution >= 0.6 is 0 Å². The van der Waals surface area contributed by atoms with Crippen molar-refractivity contribution in [2.75, 3.05) is 7.05 Å². The lowest BCUT2D eigenvalue weighted by Gasteiger charge is -2.14. The van der Waals surface area contributed by atoms with Crippen LogP contribution in [0.25, 0.3) is 0 Å². The summed E-state index contributed by atoms with van der Waals surface area (Å²) in [6.45, 7) is -2.48. The number of hydrogen-bond donors (Lipinski definition) is 2. The lowest BCUT2D eigenvalue weighted by atomic mass is 10.1. The summed E-state index contributed by atoms with van der Waals surface area (Å²) < 4.78 is 29.5. The average molecular weight is 345 g/mol. The average Bonchev–Trinajstić information content (AvgIpc) is 3.39. The van der Waals surface area contributed by atoms with E-state index in [0.717, 1.165) is 6.42 Å². The van der Waals surface area contributed by atoms with Gasteiger partial charge in [-0.05, 0) is 18.1 Å². The van der Waals surface area contributed by atoms with Gasteiger partial charge in [0, 0.05) is 31.1 Å². The van der Waals surface area contributed by atoms with Crippen LogP contribution < -0.4 is 15.4 Å². The summed E-state index contributed by atoms with van der Waals surface area (Å²) in [4.78, 5) is 4.21. The number of alkyl halides is 2. The van der Waals surface area contributed by atoms with Crippen molar-refractivity contribution in [1.29, 1.82) is 0 Å². The van der Waals surface area contributed by atoms with Gasteiger partial charge >= 0.3 is 6.61 Å². The van der Waals surface area contributed by atoms with Gasteiger partial charge in [-0.1, -0.05) is 48.5 Å². The molecule has 2 unspecified atom stereocenters. The first-order valence-corrected chi connectivity index (χ1v) is 8.22. The predicted octanol–water partition coefficient (Wildman–Crippen LogP) is 3.51. The highest BCUT2D eigenvalue weighted by molar-refractivity contribution is 5.80. The molecule has 1 fully saturated rings. The summed E-state index contributed by atoms with van der Waals surface area (Å²) in [5.74, 6) is 1.30. The second-order valence-corrected chi connectivity index (χ2v) is 5.92. The Bertz CT molecular complexity index is 722. The van der Waals surface area contributed by atoms with E-state index < -0.39 is 6.61 Å². The van der Waals surface area contributed by atoms with Crippen molar-refractivity contribution in [3.8, 4) is 5.75 Å². The Morgan fingerprint density at radius 2 is 1.88 bits per heavy atom. The van der Waals surface area contributed by atoms with Crippen molar-refractivity contribution >= 4 is 5.96 Å². The van der Waals surface area contributed by atoms with Crippen molar-refractivity contribution in [3.63, 3.8) is 0 Å². The summed E-state index contributed by atoms with van der Waals surface area (Å²) in [6, 6.07) is 17.4. The van der Waals surface area contributed by atoms with E-state index in [1.807, 2.05) is 18.2 Å². The second-order valence-electron chi connectivity index (χ2n) is 5.92. The zero-order valence-corrected chi connectivity index (χ0v) is 14.0. The van der Waals surface area contributed by atoms with Gasteiger partial charge in [0.05, 0.1) is 0 Å². The van der Waals surface area contributed by atoms with Crippen molar-refractivity contribution in [1.82, 2.24) is 10.6 Å². The van der Waals surface area contributed by atoms with Gasteiger partial charge in [-0.3, -0.25) is 4.99 Å². The molecule has 1 aliphatic carbocycles. The van der Waals surface area contributed by atoms with E-state index >= 15 is 0 Å². The van der Waals surface area contributed by atoms with Crippen molar-refractivity contribution < 1.29 is 13.5 Å². The maximum Gasteiger partial charge on any atom is 0.387 e. The van der Waals surface area contributed by atoms with E-state index in [-0.39, 0.29) is 5.75 Å². The molecule has 0 saturated heterocycles. The van der Waals surface area contributed by atoms with Gasteiger partial charge in [0.25, 0.3) is 0 Å². The van der Waals surface area contributed by atoms with E-state index in [9.17, 15) is 8.78 Å². The molecule has 3 rings (SSSR count). The number of ether oxygens (including phenoxy) is 1. The molecule has 6 heteroatoms. The highest BCUT2D eigenvalue weighted by Gasteiger charge is 2.38. The van der Waals surface area contributed by atoms with Crippen LogP contribution in [0.4, 0.5) is 8.78 Å². The topological polar surface area (TPSA) is 45.7 Å². The highest BCUT2D eigenvalue weighted by atomic mass is 19.3. The standard InChI is InChI=1S/C19H21F2N3O/c1-22-19(24-16-11-15(16)13-7-3-2-4-8-13)23-12-14-9-5-6-10-17(14)25-18(20)21/h2-10,15-16,18H,11-12H2,1H3,(H2,22,23,24). The molecule has 2 N–H and O–H groups in total. The van der Waals surface area contributed by atoms with E-state index in [1.54, 1.807) is 25.2 Å². The molecule has 4 nitrogen and oxygen atoms in total. The molecule has 2 atom stereocenters. The summed E-state index contributed by atoms with van der Waals surface area (Å²) in [5, 5.41) is 6.53. The van der Waals surface area contributed by atoms with Crippen molar-refractivity contribution in [3.05, 3.63) is 65.7 Å². The summed E-state index contributed by atoms with van der Waals surface area (Å²) in [7, 11) is 1.69. The molecule has 0 heterocycles. The number of aliphatic imine (C=N–C) groups is 1. The van der Waals surface area contributed by atoms with Crippen molar-refractivity contribution in [2.45, 2.75) is 31.5 Å². The highest BCUT2D eigenvalue weighted by Crippen LogP contribution is 2.40. The van der Waals surface area contributed by atoms with Crippen LogP contribution in [-0.2, 0) is 6.54 Å². The minimum absolute atomic E-state index is 0.175. The van der Waals surface area contributed by atoms with E-state index in [4.69, 9.17) is 0 Å². The number of nitrogens with zero attached hydrogens (tertiary/aromatic N) is 1. The number of para-hydroxylation sites is 1. The Labute approximate surface area is 145 Å². The third-order valence-electron chi connectivity index (χ3n) is 4.20.